The van der Waals surface area contributed by atoms with E-state index in [1.54, 1.807) is 59.2 Å². The molecule has 0 aliphatic heterocycles. The minimum atomic E-state index is -4.84. The van der Waals surface area contributed by atoms with Crippen LogP contribution in [0.5, 0.6) is 5.75 Å². The van der Waals surface area contributed by atoms with Crippen LogP contribution in [0.4, 0.5) is 13.2 Å². The van der Waals surface area contributed by atoms with Crippen LogP contribution in [0.2, 0.25) is 10.0 Å². The summed E-state index contributed by atoms with van der Waals surface area (Å²) in [6, 6.07) is 19.1. The van der Waals surface area contributed by atoms with Crippen LogP contribution in [-0.4, -0.2) is 15.5 Å². The van der Waals surface area contributed by atoms with Crippen molar-refractivity contribution in [2.45, 2.75) is 26.1 Å². The van der Waals surface area contributed by atoms with Crippen molar-refractivity contribution in [3.05, 3.63) is 99.0 Å². The quantitative estimate of drug-likeness (QED) is 0.272. The van der Waals surface area contributed by atoms with Crippen LogP contribution in [0.3, 0.4) is 0 Å². The predicted octanol–water partition coefficient (Wildman–Crippen LogP) is 7.45. The maximum atomic E-state index is 13.8. The first-order valence-electron chi connectivity index (χ1n) is 10.4. The van der Waals surface area contributed by atoms with Gasteiger partial charge in [-0.2, -0.15) is 0 Å². The van der Waals surface area contributed by atoms with Gasteiger partial charge in [-0.3, -0.25) is 9.13 Å². The van der Waals surface area contributed by atoms with Gasteiger partial charge < -0.3 is 4.74 Å². The Hall–Kier alpha value is -3.16. The van der Waals surface area contributed by atoms with Gasteiger partial charge in [-0.1, -0.05) is 48.7 Å². The molecule has 0 amide bonds. The standard InChI is InChI=1S/C25H19Cl2F3N2O2/c1-2-4-22-23(16-5-3-6-21(15-16)34-25(28,29)30)32(20-13-9-18(27)10-14-20)24(33)31(22)19-11-7-17(26)8-12-19/h3,5-15H,2,4H2,1H3. The Kier molecular flexibility index (Phi) is 6.77. The molecule has 0 aliphatic carbocycles. The normalized spacial score (nSPS) is 11.6. The van der Waals surface area contributed by atoms with Crippen LogP contribution in [0, 0.1) is 0 Å². The number of alkyl halides is 3. The van der Waals surface area contributed by atoms with Gasteiger partial charge >= 0.3 is 12.1 Å². The summed E-state index contributed by atoms with van der Waals surface area (Å²) in [5.41, 5.74) is 2.27. The van der Waals surface area contributed by atoms with E-state index in [2.05, 4.69) is 4.74 Å². The maximum absolute atomic E-state index is 13.8. The number of hydrogen-bond donors (Lipinski definition) is 0. The first-order valence-corrected chi connectivity index (χ1v) is 11.2. The summed E-state index contributed by atoms with van der Waals surface area (Å²) in [5.74, 6) is -0.373. The molecule has 4 rings (SSSR count). The molecule has 0 spiro atoms. The third kappa shape index (κ3) is 5.00. The van der Waals surface area contributed by atoms with Gasteiger partial charge in [0.1, 0.15) is 5.75 Å². The maximum Gasteiger partial charge on any atom is 0.573 e. The highest BCUT2D eigenvalue weighted by atomic mass is 35.5. The van der Waals surface area contributed by atoms with E-state index >= 15 is 0 Å². The highest BCUT2D eigenvalue weighted by molar-refractivity contribution is 6.30. The highest BCUT2D eigenvalue weighted by Crippen LogP contribution is 2.33. The second-order valence-corrected chi connectivity index (χ2v) is 8.40. The van der Waals surface area contributed by atoms with E-state index in [1.165, 1.54) is 22.8 Å². The third-order valence-corrected chi connectivity index (χ3v) is 5.65. The van der Waals surface area contributed by atoms with Crippen LogP contribution in [-0.2, 0) is 6.42 Å². The molecule has 1 aromatic heterocycles. The molecule has 0 radical (unpaired) electrons. The van der Waals surface area contributed by atoms with Gasteiger partial charge in [-0.05, 0) is 67.1 Å². The fourth-order valence-corrected chi connectivity index (χ4v) is 4.09. The number of aromatic nitrogens is 2. The second-order valence-electron chi connectivity index (χ2n) is 7.53. The van der Waals surface area contributed by atoms with E-state index < -0.39 is 6.36 Å². The third-order valence-electron chi connectivity index (χ3n) is 5.15. The van der Waals surface area contributed by atoms with Gasteiger partial charge in [0, 0.05) is 15.6 Å². The zero-order chi connectivity index (χ0) is 24.5. The molecular formula is C25H19Cl2F3N2O2. The monoisotopic (exact) mass is 506 g/mol. The van der Waals surface area contributed by atoms with Gasteiger partial charge in [-0.25, -0.2) is 4.79 Å². The molecule has 0 unspecified atom stereocenters. The molecule has 0 atom stereocenters. The number of nitrogens with zero attached hydrogens (tertiary/aromatic N) is 2. The van der Waals surface area contributed by atoms with Gasteiger partial charge in [0.15, 0.2) is 0 Å². The molecule has 0 N–H and O–H groups in total. The predicted molar refractivity (Wildman–Crippen MR) is 128 cm³/mol. The topological polar surface area (TPSA) is 36.2 Å². The number of hydrogen-bond acceptors (Lipinski definition) is 2. The van der Waals surface area contributed by atoms with Crippen molar-refractivity contribution in [3.8, 4) is 28.4 Å². The zero-order valence-electron chi connectivity index (χ0n) is 17.9. The lowest BCUT2D eigenvalue weighted by Crippen LogP contribution is -2.23. The van der Waals surface area contributed by atoms with Crippen molar-refractivity contribution in [3.63, 3.8) is 0 Å². The zero-order valence-corrected chi connectivity index (χ0v) is 19.5. The SMILES string of the molecule is CCCc1c(-c2cccc(OC(F)(F)F)c2)n(-c2ccc(Cl)cc2)c(=O)n1-c1ccc(Cl)cc1. The molecule has 3 aromatic carbocycles. The van der Waals surface area contributed by atoms with E-state index in [1.807, 2.05) is 6.92 Å². The van der Waals surface area contributed by atoms with Crippen LogP contribution in [0.25, 0.3) is 22.6 Å². The van der Waals surface area contributed by atoms with Gasteiger partial charge in [-0.15, -0.1) is 13.2 Å². The van der Waals surface area contributed by atoms with Crippen molar-refractivity contribution >= 4 is 23.2 Å². The lowest BCUT2D eigenvalue weighted by molar-refractivity contribution is -0.274. The molecule has 0 fully saturated rings. The average Bonchev–Trinajstić information content (AvgIpc) is 3.06. The molecular weight excluding hydrogens is 488 g/mol. The van der Waals surface area contributed by atoms with Gasteiger partial charge in [0.25, 0.3) is 0 Å². The number of benzene rings is 3. The molecule has 176 valence electrons. The van der Waals surface area contributed by atoms with Crippen molar-refractivity contribution in [1.82, 2.24) is 9.13 Å². The summed E-state index contributed by atoms with van der Waals surface area (Å²) in [5, 5.41) is 1.01. The number of ether oxygens (including phenoxy) is 1. The largest absolute Gasteiger partial charge is 0.573 e. The summed E-state index contributed by atoms with van der Waals surface area (Å²) < 4.78 is 45.8. The van der Waals surface area contributed by atoms with Crippen LogP contribution in [0.1, 0.15) is 19.0 Å². The number of halogens is 5. The number of imidazole rings is 1. The number of rotatable bonds is 6. The van der Waals surface area contributed by atoms with E-state index in [0.29, 0.717) is 51.2 Å². The van der Waals surface area contributed by atoms with Crippen LogP contribution >= 0.6 is 23.2 Å². The fraction of sp³-hybridized carbons (Fsp3) is 0.160. The van der Waals surface area contributed by atoms with Crippen LogP contribution in [0.15, 0.2) is 77.6 Å². The van der Waals surface area contributed by atoms with Crippen LogP contribution < -0.4 is 10.4 Å². The van der Waals surface area contributed by atoms with Crippen molar-refractivity contribution < 1.29 is 17.9 Å². The summed E-state index contributed by atoms with van der Waals surface area (Å²) in [6.07, 6.45) is -3.64. The van der Waals surface area contributed by atoms with Gasteiger partial charge in [0.05, 0.1) is 22.8 Å². The van der Waals surface area contributed by atoms with Gasteiger partial charge in [0.2, 0.25) is 0 Å². The van der Waals surface area contributed by atoms with E-state index in [9.17, 15) is 18.0 Å². The summed E-state index contributed by atoms with van der Waals surface area (Å²) in [6.45, 7) is 1.96. The summed E-state index contributed by atoms with van der Waals surface area (Å²) in [7, 11) is 0. The Labute approximate surface area is 203 Å². The Balaban J connectivity index is 2.04. The smallest absolute Gasteiger partial charge is 0.406 e. The Morgan fingerprint density at radius 2 is 1.41 bits per heavy atom. The lowest BCUT2D eigenvalue weighted by atomic mass is 10.1. The lowest BCUT2D eigenvalue weighted by Gasteiger charge is -2.13. The Morgan fingerprint density at radius 1 is 0.853 bits per heavy atom. The second kappa shape index (κ2) is 9.60. The molecule has 0 saturated carbocycles. The Bertz CT molecular complexity index is 1360. The van der Waals surface area contributed by atoms with Crippen molar-refractivity contribution in [1.29, 1.82) is 0 Å². The first-order chi connectivity index (χ1) is 16.2. The van der Waals surface area contributed by atoms with Crippen molar-refractivity contribution in [2.75, 3.05) is 0 Å². The van der Waals surface area contributed by atoms with E-state index in [4.69, 9.17) is 23.2 Å². The van der Waals surface area contributed by atoms with E-state index in [-0.39, 0.29) is 11.4 Å². The minimum Gasteiger partial charge on any atom is -0.406 e. The molecule has 0 aliphatic rings. The first kappa shape index (κ1) is 24.0. The average molecular weight is 507 g/mol. The fourth-order valence-electron chi connectivity index (χ4n) is 3.84. The van der Waals surface area contributed by atoms with Crippen molar-refractivity contribution in [2.24, 2.45) is 0 Å². The summed E-state index contributed by atoms with van der Waals surface area (Å²) >= 11 is 12.1. The molecule has 0 bridgehead atoms. The minimum absolute atomic E-state index is 0.370. The molecule has 4 aromatic rings. The summed E-state index contributed by atoms with van der Waals surface area (Å²) in [4.78, 5) is 13.8. The molecule has 9 heteroatoms. The highest BCUT2D eigenvalue weighted by Gasteiger charge is 2.31. The molecule has 1 heterocycles. The molecule has 0 saturated heterocycles. The molecule has 4 nitrogen and oxygen atoms in total. The molecule has 34 heavy (non-hydrogen) atoms. The van der Waals surface area contributed by atoms with E-state index in [0.717, 1.165) is 0 Å². The Morgan fingerprint density at radius 3 is 1.94 bits per heavy atom.